The molecule has 36 heavy (non-hydrogen) atoms. The van der Waals surface area contributed by atoms with E-state index in [-0.39, 0.29) is 30.3 Å². The van der Waals surface area contributed by atoms with E-state index in [0.29, 0.717) is 17.0 Å². The van der Waals surface area contributed by atoms with Crippen LogP contribution in [0.2, 0.25) is 0 Å². The Morgan fingerprint density at radius 1 is 1.25 bits per heavy atom. The lowest BCUT2D eigenvalue weighted by molar-refractivity contribution is -0.144. The molecule has 2 amide bonds. The molecular weight excluding hydrogens is 482 g/mol. The van der Waals surface area contributed by atoms with Crippen molar-refractivity contribution in [3.05, 3.63) is 41.2 Å². The number of nitrogens with zero attached hydrogens (tertiary/aromatic N) is 4. The predicted octanol–water partition coefficient (Wildman–Crippen LogP) is 1.73. The van der Waals surface area contributed by atoms with E-state index in [4.69, 9.17) is 0 Å². The van der Waals surface area contributed by atoms with E-state index >= 15 is 0 Å². The van der Waals surface area contributed by atoms with E-state index < -0.39 is 39.3 Å². The van der Waals surface area contributed by atoms with E-state index in [0.717, 1.165) is 24.8 Å². The van der Waals surface area contributed by atoms with Gasteiger partial charge >= 0.3 is 0 Å². The Balaban J connectivity index is 1.51. The SMILES string of the molecule is Cc1ccc(CNC(=O)[C@@H]2C[C@@H](O)CN2C(=O)[C@@H](n2cc(C3CC3)nn2)C(C)(C)C)cc1S(C)(=O)=O. The van der Waals surface area contributed by atoms with Crippen LogP contribution in [-0.4, -0.2) is 70.2 Å². The van der Waals surface area contributed by atoms with Gasteiger partial charge in [0.05, 0.1) is 16.7 Å². The van der Waals surface area contributed by atoms with Crippen molar-refractivity contribution in [2.24, 2.45) is 5.41 Å². The first kappa shape index (κ1) is 26.3. The highest BCUT2D eigenvalue weighted by molar-refractivity contribution is 7.90. The van der Waals surface area contributed by atoms with Crippen LogP contribution < -0.4 is 5.32 Å². The third kappa shape index (κ3) is 5.62. The molecule has 0 spiro atoms. The molecule has 0 bridgehead atoms. The van der Waals surface area contributed by atoms with Gasteiger partial charge in [-0.25, -0.2) is 13.1 Å². The maximum atomic E-state index is 13.8. The third-order valence-electron chi connectivity index (χ3n) is 6.83. The molecule has 10 nitrogen and oxygen atoms in total. The largest absolute Gasteiger partial charge is 0.391 e. The Kier molecular flexibility index (Phi) is 7.00. The van der Waals surface area contributed by atoms with Gasteiger partial charge in [0.2, 0.25) is 11.8 Å². The first-order chi connectivity index (χ1) is 16.8. The zero-order valence-electron chi connectivity index (χ0n) is 21.4. The molecule has 0 radical (unpaired) electrons. The Morgan fingerprint density at radius 3 is 2.56 bits per heavy atom. The van der Waals surface area contributed by atoms with Crippen molar-refractivity contribution in [1.82, 2.24) is 25.2 Å². The van der Waals surface area contributed by atoms with E-state index in [1.165, 1.54) is 4.90 Å². The monoisotopic (exact) mass is 517 g/mol. The van der Waals surface area contributed by atoms with Crippen LogP contribution >= 0.6 is 0 Å². The number of aliphatic hydroxyl groups excluding tert-OH is 1. The van der Waals surface area contributed by atoms with Gasteiger partial charge in [-0.2, -0.15) is 0 Å². The number of hydrogen-bond acceptors (Lipinski definition) is 7. The van der Waals surface area contributed by atoms with Gasteiger partial charge in [-0.15, -0.1) is 5.10 Å². The van der Waals surface area contributed by atoms with E-state index in [1.54, 1.807) is 29.8 Å². The molecule has 4 rings (SSSR count). The van der Waals surface area contributed by atoms with Crippen molar-refractivity contribution >= 4 is 21.7 Å². The molecule has 2 aliphatic rings. The zero-order chi connectivity index (χ0) is 26.4. The summed E-state index contributed by atoms with van der Waals surface area (Å²) in [5, 5.41) is 21.7. The third-order valence-corrected chi connectivity index (χ3v) is 8.06. The number of amides is 2. The average Bonchev–Trinajstić information content (AvgIpc) is 3.38. The molecule has 1 aromatic carbocycles. The van der Waals surface area contributed by atoms with Gasteiger partial charge in [0.1, 0.15) is 12.1 Å². The van der Waals surface area contributed by atoms with Crippen LogP contribution in [0.5, 0.6) is 0 Å². The number of carbonyl (C=O) groups excluding carboxylic acids is 2. The summed E-state index contributed by atoms with van der Waals surface area (Å²) in [4.78, 5) is 28.6. The van der Waals surface area contributed by atoms with Crippen molar-refractivity contribution in [2.75, 3.05) is 12.8 Å². The Bertz CT molecular complexity index is 1260. The number of carbonyl (C=O) groups is 2. The normalized spacial score (nSPS) is 21.4. The smallest absolute Gasteiger partial charge is 0.248 e. The molecule has 1 aromatic heterocycles. The van der Waals surface area contributed by atoms with Crippen LogP contribution in [0.1, 0.15) is 68.8 Å². The molecule has 196 valence electrons. The summed E-state index contributed by atoms with van der Waals surface area (Å²) >= 11 is 0. The lowest BCUT2D eigenvalue weighted by Gasteiger charge is -2.34. The molecule has 2 fully saturated rings. The number of benzene rings is 1. The standard InChI is InChI=1S/C25H35N5O5S/c1-15-6-7-16(10-21(15)36(5,34)35)12-26-23(32)20-11-18(31)13-29(20)24(33)22(25(2,3)4)30-14-19(27-28-30)17-8-9-17/h6-7,10,14,17-18,20,22,31H,8-9,11-13H2,1-5H3,(H,26,32)/t18-,20+,22-/m1/s1. The summed E-state index contributed by atoms with van der Waals surface area (Å²) in [7, 11) is -3.40. The molecule has 2 heterocycles. The summed E-state index contributed by atoms with van der Waals surface area (Å²) in [6.45, 7) is 7.69. The number of rotatable bonds is 7. The van der Waals surface area contributed by atoms with Crippen molar-refractivity contribution in [2.45, 2.75) is 82.5 Å². The van der Waals surface area contributed by atoms with E-state index in [2.05, 4.69) is 15.6 Å². The number of hydrogen-bond donors (Lipinski definition) is 2. The summed E-state index contributed by atoms with van der Waals surface area (Å²) < 4.78 is 25.7. The summed E-state index contributed by atoms with van der Waals surface area (Å²) in [6, 6.07) is 3.48. The minimum absolute atomic E-state index is 0.0520. The summed E-state index contributed by atoms with van der Waals surface area (Å²) in [5.74, 6) is -0.293. The number of aliphatic hydroxyl groups is 1. The molecular formula is C25H35N5O5S. The van der Waals surface area contributed by atoms with Crippen LogP contribution in [0.15, 0.2) is 29.3 Å². The van der Waals surface area contributed by atoms with Gasteiger partial charge < -0.3 is 15.3 Å². The minimum Gasteiger partial charge on any atom is -0.391 e. The number of β-amino-alcohol motifs (C(OH)–C–C–N with tert-alkyl or cyclic N) is 1. The number of aryl methyl sites for hydroxylation is 1. The summed E-state index contributed by atoms with van der Waals surface area (Å²) in [5.41, 5.74) is 1.63. The fourth-order valence-corrected chi connectivity index (χ4v) is 5.81. The van der Waals surface area contributed by atoms with Gasteiger partial charge in [-0.3, -0.25) is 9.59 Å². The molecule has 1 aliphatic heterocycles. The molecule has 2 aromatic rings. The van der Waals surface area contributed by atoms with Gasteiger partial charge in [0, 0.05) is 37.9 Å². The number of sulfone groups is 1. The van der Waals surface area contributed by atoms with Gasteiger partial charge in [-0.05, 0) is 42.4 Å². The van der Waals surface area contributed by atoms with Crippen LogP contribution in [0, 0.1) is 12.3 Å². The first-order valence-corrected chi connectivity index (χ1v) is 14.1. The van der Waals surface area contributed by atoms with Crippen LogP contribution in [-0.2, 0) is 26.0 Å². The zero-order valence-corrected chi connectivity index (χ0v) is 22.2. The van der Waals surface area contributed by atoms with Gasteiger partial charge in [-0.1, -0.05) is 38.1 Å². The molecule has 3 atom stereocenters. The van der Waals surface area contributed by atoms with E-state index in [9.17, 15) is 23.1 Å². The maximum absolute atomic E-state index is 13.8. The lowest BCUT2D eigenvalue weighted by Crippen LogP contribution is -2.50. The van der Waals surface area contributed by atoms with Crippen LogP contribution in [0.4, 0.5) is 0 Å². The topological polar surface area (TPSA) is 134 Å². The van der Waals surface area contributed by atoms with Crippen LogP contribution in [0.3, 0.4) is 0 Å². The molecule has 2 N–H and O–H groups in total. The lowest BCUT2D eigenvalue weighted by atomic mass is 9.85. The maximum Gasteiger partial charge on any atom is 0.248 e. The second kappa shape index (κ2) is 9.59. The first-order valence-electron chi connectivity index (χ1n) is 12.2. The van der Waals surface area contributed by atoms with Crippen molar-refractivity contribution in [3.63, 3.8) is 0 Å². The second-order valence-corrected chi connectivity index (χ2v) is 13.1. The Morgan fingerprint density at radius 2 is 1.94 bits per heavy atom. The second-order valence-electron chi connectivity index (χ2n) is 11.2. The Hall–Kier alpha value is -2.79. The fourth-order valence-electron chi connectivity index (χ4n) is 4.79. The minimum atomic E-state index is -3.40. The van der Waals surface area contributed by atoms with Gasteiger partial charge in [0.15, 0.2) is 9.84 Å². The number of likely N-dealkylation sites (tertiary alicyclic amines) is 1. The number of nitrogens with one attached hydrogen (secondary N) is 1. The Labute approximate surface area is 212 Å². The quantitative estimate of drug-likeness (QED) is 0.571. The molecule has 1 saturated carbocycles. The molecule has 0 unspecified atom stereocenters. The van der Waals surface area contributed by atoms with Crippen molar-refractivity contribution < 1.29 is 23.1 Å². The molecule has 11 heteroatoms. The predicted molar refractivity (Wildman–Crippen MR) is 133 cm³/mol. The van der Waals surface area contributed by atoms with Crippen molar-refractivity contribution in [1.29, 1.82) is 0 Å². The highest BCUT2D eigenvalue weighted by Gasteiger charge is 2.45. The van der Waals surface area contributed by atoms with Crippen molar-refractivity contribution in [3.8, 4) is 0 Å². The van der Waals surface area contributed by atoms with Gasteiger partial charge in [0.25, 0.3) is 0 Å². The molecule has 1 saturated heterocycles. The van der Waals surface area contributed by atoms with E-state index in [1.807, 2.05) is 27.0 Å². The summed E-state index contributed by atoms with van der Waals surface area (Å²) in [6.07, 6.45) is 4.42. The van der Waals surface area contributed by atoms with Crippen LogP contribution in [0.25, 0.3) is 0 Å². The molecule has 1 aliphatic carbocycles. The highest BCUT2D eigenvalue weighted by Crippen LogP contribution is 2.40. The average molecular weight is 518 g/mol. The number of aromatic nitrogens is 3. The highest BCUT2D eigenvalue weighted by atomic mass is 32.2. The fraction of sp³-hybridized carbons (Fsp3) is 0.600.